The van der Waals surface area contributed by atoms with Crippen LogP contribution in [0.2, 0.25) is 0 Å². The monoisotopic (exact) mass is 378 g/mol. The fourth-order valence-corrected chi connectivity index (χ4v) is 3.28. The Hall–Kier alpha value is -1.79. The zero-order valence-electron chi connectivity index (χ0n) is 17.8. The number of aromatic nitrogens is 3. The van der Waals surface area contributed by atoms with Crippen LogP contribution in [-0.4, -0.2) is 39.4 Å². The first-order valence-corrected chi connectivity index (χ1v) is 10.5. The first kappa shape index (κ1) is 21.5. The van der Waals surface area contributed by atoms with Gasteiger partial charge in [-0.1, -0.05) is 20.8 Å². The quantitative estimate of drug-likeness (QED) is 0.414. The van der Waals surface area contributed by atoms with E-state index in [0.717, 1.165) is 57.0 Å². The van der Waals surface area contributed by atoms with Crippen LogP contribution >= 0.6 is 0 Å². The molecule has 154 valence electrons. The largest absolute Gasteiger partial charge is 0.357 e. The zero-order valence-corrected chi connectivity index (χ0v) is 17.8. The third kappa shape index (κ3) is 7.03. The van der Waals surface area contributed by atoms with Gasteiger partial charge in [0.05, 0.1) is 0 Å². The van der Waals surface area contributed by atoms with Crippen molar-refractivity contribution in [2.75, 3.05) is 13.1 Å². The summed E-state index contributed by atoms with van der Waals surface area (Å²) >= 11 is 0. The molecule has 7 nitrogen and oxygen atoms in total. The summed E-state index contributed by atoms with van der Waals surface area (Å²) < 4.78 is 3.44. The third-order valence-corrected chi connectivity index (χ3v) is 4.88. The number of nitrogens with zero attached hydrogens (tertiary/aromatic N) is 4. The van der Waals surface area contributed by atoms with E-state index < -0.39 is 0 Å². The third-order valence-electron chi connectivity index (χ3n) is 4.88. The van der Waals surface area contributed by atoms with Crippen LogP contribution in [0.15, 0.2) is 9.79 Å². The van der Waals surface area contributed by atoms with Gasteiger partial charge in [-0.25, -0.2) is 9.48 Å². The van der Waals surface area contributed by atoms with E-state index in [0.29, 0.717) is 24.5 Å². The smallest absolute Gasteiger partial charge is 0.345 e. The lowest BCUT2D eigenvalue weighted by Gasteiger charge is -2.23. The van der Waals surface area contributed by atoms with Crippen LogP contribution < -0.4 is 16.3 Å². The number of hydrogen-bond donors (Lipinski definition) is 2. The Morgan fingerprint density at radius 2 is 2.11 bits per heavy atom. The summed E-state index contributed by atoms with van der Waals surface area (Å²) in [4.78, 5) is 17.0. The predicted octanol–water partition coefficient (Wildman–Crippen LogP) is 2.54. The van der Waals surface area contributed by atoms with Crippen LogP contribution in [0.4, 0.5) is 0 Å². The van der Waals surface area contributed by atoms with Crippen molar-refractivity contribution >= 4 is 5.96 Å². The minimum Gasteiger partial charge on any atom is -0.357 e. The van der Waals surface area contributed by atoms with Gasteiger partial charge in [-0.2, -0.15) is 5.10 Å². The second-order valence-corrected chi connectivity index (χ2v) is 8.79. The Bertz CT molecular complexity index is 667. The fraction of sp³-hybridized carbons (Fsp3) is 0.850. The predicted molar refractivity (Wildman–Crippen MR) is 111 cm³/mol. The van der Waals surface area contributed by atoms with Crippen molar-refractivity contribution in [2.45, 2.75) is 92.3 Å². The average Bonchev–Trinajstić information content (AvgIpc) is 2.93. The first-order valence-electron chi connectivity index (χ1n) is 10.5. The van der Waals surface area contributed by atoms with Crippen molar-refractivity contribution < 1.29 is 0 Å². The van der Waals surface area contributed by atoms with Crippen LogP contribution in [0.1, 0.15) is 72.5 Å². The average molecular weight is 379 g/mol. The molecule has 0 saturated carbocycles. The number of guanidine groups is 1. The normalized spacial score (nSPS) is 16.1. The molecule has 1 aromatic heterocycles. The Labute approximate surface area is 163 Å². The topological polar surface area (TPSA) is 76.2 Å². The lowest BCUT2D eigenvalue weighted by molar-refractivity contribution is 0.346. The summed E-state index contributed by atoms with van der Waals surface area (Å²) in [5, 5.41) is 11.3. The van der Waals surface area contributed by atoms with E-state index in [1.807, 2.05) is 4.57 Å². The van der Waals surface area contributed by atoms with Gasteiger partial charge in [-0.15, -0.1) is 0 Å². The highest BCUT2D eigenvalue weighted by Crippen LogP contribution is 2.21. The first-order chi connectivity index (χ1) is 12.8. The van der Waals surface area contributed by atoms with Crippen molar-refractivity contribution in [1.29, 1.82) is 0 Å². The second kappa shape index (κ2) is 9.95. The number of aryl methyl sites for hydroxylation is 2. The van der Waals surface area contributed by atoms with Gasteiger partial charge in [0.25, 0.3) is 0 Å². The van der Waals surface area contributed by atoms with E-state index in [-0.39, 0.29) is 5.69 Å². The number of aliphatic imine (C=N–C) groups is 1. The van der Waals surface area contributed by atoms with Gasteiger partial charge in [-0.3, -0.25) is 9.56 Å². The Kier molecular flexibility index (Phi) is 7.92. The Morgan fingerprint density at radius 1 is 1.33 bits per heavy atom. The lowest BCUT2D eigenvalue weighted by atomic mass is 9.89. The highest BCUT2D eigenvalue weighted by atomic mass is 16.2. The minimum absolute atomic E-state index is 0.0366. The van der Waals surface area contributed by atoms with Crippen LogP contribution in [0.3, 0.4) is 0 Å². The molecule has 1 aliphatic rings. The van der Waals surface area contributed by atoms with E-state index in [1.165, 1.54) is 6.42 Å². The molecule has 7 heteroatoms. The molecule has 1 aromatic rings. The Morgan fingerprint density at radius 3 is 2.78 bits per heavy atom. The summed E-state index contributed by atoms with van der Waals surface area (Å²) in [7, 11) is 0. The number of nitrogens with one attached hydrogen (secondary N) is 2. The molecule has 0 radical (unpaired) electrons. The van der Waals surface area contributed by atoms with Gasteiger partial charge < -0.3 is 10.6 Å². The molecule has 0 amide bonds. The molecule has 0 saturated heterocycles. The highest BCUT2D eigenvalue weighted by Gasteiger charge is 2.16. The summed E-state index contributed by atoms with van der Waals surface area (Å²) in [6.45, 7) is 14.0. The maximum atomic E-state index is 12.3. The molecule has 0 spiro atoms. The fourth-order valence-electron chi connectivity index (χ4n) is 3.28. The molecule has 1 aliphatic heterocycles. The molecule has 1 atom stereocenters. The Balaban J connectivity index is 1.82. The van der Waals surface area contributed by atoms with Gasteiger partial charge in [0, 0.05) is 38.6 Å². The molecule has 0 fully saturated rings. The second-order valence-electron chi connectivity index (χ2n) is 8.79. The number of fused-ring (bicyclic) bond motifs is 1. The summed E-state index contributed by atoms with van der Waals surface area (Å²) in [5.74, 6) is 1.80. The van der Waals surface area contributed by atoms with Crippen LogP contribution in [-0.2, 0) is 19.5 Å². The molecular weight excluding hydrogens is 340 g/mol. The summed E-state index contributed by atoms with van der Waals surface area (Å²) in [5.41, 5.74) is 0.386. The zero-order chi connectivity index (χ0) is 19.9. The van der Waals surface area contributed by atoms with E-state index in [1.54, 1.807) is 4.68 Å². The van der Waals surface area contributed by atoms with Crippen molar-refractivity contribution in [3.8, 4) is 0 Å². The van der Waals surface area contributed by atoms with Crippen LogP contribution in [0.5, 0.6) is 0 Å². The maximum absolute atomic E-state index is 12.3. The van der Waals surface area contributed by atoms with E-state index >= 15 is 0 Å². The molecular formula is C20H38N6O. The van der Waals surface area contributed by atoms with Gasteiger partial charge in [0.2, 0.25) is 0 Å². The van der Waals surface area contributed by atoms with E-state index in [4.69, 9.17) is 0 Å². The van der Waals surface area contributed by atoms with Crippen molar-refractivity contribution in [1.82, 2.24) is 25.0 Å². The lowest BCUT2D eigenvalue weighted by Crippen LogP contribution is -2.42. The highest BCUT2D eigenvalue weighted by molar-refractivity contribution is 5.80. The van der Waals surface area contributed by atoms with Gasteiger partial charge in [0.15, 0.2) is 5.96 Å². The van der Waals surface area contributed by atoms with Crippen molar-refractivity contribution in [3.05, 3.63) is 16.3 Å². The SMILES string of the molecule is CCNC(=NCCCn1nc2n(c1=O)CCCC2)NC(C)CCC(C)(C)C. The molecule has 2 N–H and O–H groups in total. The molecule has 0 bridgehead atoms. The molecule has 27 heavy (non-hydrogen) atoms. The molecule has 2 rings (SSSR count). The molecule has 2 heterocycles. The number of rotatable bonds is 8. The number of hydrogen-bond acceptors (Lipinski definition) is 3. The van der Waals surface area contributed by atoms with Gasteiger partial charge in [0.1, 0.15) is 5.82 Å². The standard InChI is InChI=1S/C20H38N6O/c1-6-21-18(23-16(2)11-12-20(3,4)5)22-13-9-15-26-19(27)25-14-8-7-10-17(25)24-26/h16H,6-15H2,1-5H3,(H2,21,22,23). The minimum atomic E-state index is 0.0366. The van der Waals surface area contributed by atoms with Crippen molar-refractivity contribution in [3.63, 3.8) is 0 Å². The molecule has 1 unspecified atom stereocenters. The van der Waals surface area contributed by atoms with Gasteiger partial charge >= 0.3 is 5.69 Å². The van der Waals surface area contributed by atoms with E-state index in [9.17, 15) is 4.79 Å². The van der Waals surface area contributed by atoms with Crippen LogP contribution in [0, 0.1) is 5.41 Å². The molecule has 0 aliphatic carbocycles. The van der Waals surface area contributed by atoms with E-state index in [2.05, 4.69) is 55.3 Å². The van der Waals surface area contributed by atoms with Crippen molar-refractivity contribution in [2.24, 2.45) is 10.4 Å². The summed E-state index contributed by atoms with van der Waals surface area (Å²) in [6, 6.07) is 0.379. The maximum Gasteiger partial charge on any atom is 0.345 e. The van der Waals surface area contributed by atoms with Gasteiger partial charge in [-0.05, 0) is 51.4 Å². The molecule has 0 aromatic carbocycles. The summed E-state index contributed by atoms with van der Waals surface area (Å²) in [6.07, 6.45) is 6.22. The van der Waals surface area contributed by atoms with Crippen LogP contribution in [0.25, 0.3) is 0 Å².